The first kappa shape index (κ1) is 9.81. The summed E-state index contributed by atoms with van der Waals surface area (Å²) in [5.74, 6) is 0. The number of azide groups is 1. The Morgan fingerprint density at radius 3 is 2.36 bits per heavy atom. The molecule has 0 unspecified atom stereocenters. The van der Waals surface area contributed by atoms with Crippen LogP contribution in [-0.4, -0.2) is 5.54 Å². The van der Waals surface area contributed by atoms with E-state index < -0.39 is 22.1 Å². The molecule has 0 bridgehead atoms. The Labute approximate surface area is 84.2 Å². The molecule has 3 nitrogen and oxygen atoms in total. The maximum absolute atomic E-state index is 8.36. The fourth-order valence-electron chi connectivity index (χ4n) is 1.71. The first-order chi connectivity index (χ1) is 5.00. The molecule has 1 fully saturated rings. The monoisotopic (exact) mass is 405 g/mol. The number of nitrogens with zero attached hydrogens (tertiary/aromatic N) is 3. The Balaban J connectivity index is 2.85. The molecular weight excluding hydrogens is 395 g/mol. The van der Waals surface area contributed by atoms with Gasteiger partial charge in [0.1, 0.15) is 0 Å². The van der Waals surface area contributed by atoms with Crippen LogP contribution >= 0.6 is 11.9 Å². The van der Waals surface area contributed by atoms with Gasteiger partial charge in [-0.25, -0.2) is 0 Å². The van der Waals surface area contributed by atoms with Gasteiger partial charge >= 0.3 is 84.8 Å². The zero-order valence-corrected chi connectivity index (χ0v) is 14.1. The number of halogens is 1. The van der Waals surface area contributed by atoms with Gasteiger partial charge in [-0.3, -0.25) is 0 Å². The molecule has 0 amide bonds. The van der Waals surface area contributed by atoms with E-state index >= 15 is 0 Å². The van der Waals surface area contributed by atoms with Gasteiger partial charge < -0.3 is 0 Å². The molecule has 0 radical (unpaired) electrons. The quantitative estimate of drug-likeness (QED) is 0.294. The van der Waals surface area contributed by atoms with Gasteiger partial charge in [0.25, 0.3) is 0 Å². The zero-order valence-electron chi connectivity index (χ0n) is 7.00. The van der Waals surface area contributed by atoms with Crippen molar-refractivity contribution >= 4 is 11.9 Å². The van der Waals surface area contributed by atoms with E-state index in [-0.39, 0.29) is 11.0 Å². The number of hydrogen-bond acceptors (Lipinski definition) is 1. The van der Waals surface area contributed by atoms with Crippen LogP contribution in [0.3, 0.4) is 0 Å². The molecule has 0 aromatic carbocycles. The van der Waals surface area contributed by atoms with Crippen molar-refractivity contribution in [1.29, 1.82) is 0 Å². The number of rotatable bonds is 2. The summed E-state index contributed by atoms with van der Waals surface area (Å²) in [7, 11) is 0. The van der Waals surface area contributed by atoms with Gasteiger partial charge in [0.15, 0.2) is 0 Å². The third-order valence-electron chi connectivity index (χ3n) is 3.18. The minimum absolute atomic E-state index is 0.0766. The third-order valence-corrected chi connectivity index (χ3v) is 17.1. The van der Waals surface area contributed by atoms with Gasteiger partial charge in [0.2, 0.25) is 0 Å². The van der Waals surface area contributed by atoms with Crippen molar-refractivity contribution in [2.75, 3.05) is 0 Å². The molecule has 0 aromatic rings. The summed E-state index contributed by atoms with van der Waals surface area (Å²) in [5, 5.41) is 3.88. The molecule has 1 rings (SSSR count). The van der Waals surface area contributed by atoms with Crippen LogP contribution in [0.4, 0.5) is 0 Å². The fourth-order valence-corrected chi connectivity index (χ4v) is 20.5. The predicted octanol–water partition coefficient (Wildman–Crippen LogP) is 3.28. The van der Waals surface area contributed by atoms with Gasteiger partial charge in [-0.2, -0.15) is 0 Å². The Morgan fingerprint density at radius 2 is 2.09 bits per heavy atom. The molecule has 58 valence electrons. The third kappa shape index (κ3) is 1.23. The first-order valence-electron chi connectivity index (χ1n) is 3.63. The summed E-state index contributed by atoms with van der Waals surface area (Å²) < 4.78 is 0.700. The van der Waals surface area contributed by atoms with E-state index in [9.17, 15) is 0 Å². The van der Waals surface area contributed by atoms with Gasteiger partial charge in [-0.15, -0.1) is 0 Å². The summed E-state index contributed by atoms with van der Waals surface area (Å²) in [5.41, 5.74) is 8.53. The summed E-state index contributed by atoms with van der Waals surface area (Å²) in [6.45, 7) is 6.44. The summed E-state index contributed by atoms with van der Waals surface area (Å²) in [6.07, 6.45) is 0. The van der Waals surface area contributed by atoms with Crippen LogP contribution in [0, 0.1) is 5.41 Å². The molecule has 5 heteroatoms. The van der Waals surface area contributed by atoms with E-state index in [1.165, 1.54) is 0 Å². The fraction of sp³-hybridized carbons (Fsp3) is 1.00. The van der Waals surface area contributed by atoms with E-state index in [0.717, 1.165) is 0 Å². The van der Waals surface area contributed by atoms with Gasteiger partial charge in [-0.1, -0.05) is 0 Å². The molecule has 1 aliphatic rings. The van der Waals surface area contributed by atoms with Crippen molar-refractivity contribution in [2.45, 2.75) is 29.7 Å². The molecule has 1 aliphatic carbocycles. The Hall–Kier alpha value is 0.725. The van der Waals surface area contributed by atoms with Gasteiger partial charge in [-0.05, 0) is 0 Å². The average Bonchev–Trinajstić information content (AvgIpc) is 2.28. The molecule has 0 heterocycles. The molecule has 0 spiro atoms. The maximum atomic E-state index is 8.36. The molecule has 0 aromatic heterocycles. The second-order valence-corrected chi connectivity index (χ2v) is 13.8. The minimum atomic E-state index is -0.901. The van der Waals surface area contributed by atoms with E-state index in [0.29, 0.717) is 3.43 Å². The number of hydrogen-bond donors (Lipinski definition) is 0. The summed E-state index contributed by atoms with van der Waals surface area (Å²) in [6, 6.07) is 0. The second-order valence-electron chi connectivity index (χ2n) is 3.77. The first-order valence-corrected chi connectivity index (χ1v) is 18.7. The van der Waals surface area contributed by atoms with Crippen LogP contribution in [0.2, 0.25) is 3.43 Å². The Morgan fingerprint density at radius 1 is 1.55 bits per heavy atom. The van der Waals surface area contributed by atoms with Crippen molar-refractivity contribution in [1.82, 2.24) is 0 Å². The second kappa shape index (κ2) is 2.89. The van der Waals surface area contributed by atoms with Crippen LogP contribution in [0.25, 0.3) is 10.4 Å². The van der Waals surface area contributed by atoms with Crippen LogP contribution in [0.15, 0.2) is 5.11 Å². The van der Waals surface area contributed by atoms with Crippen molar-refractivity contribution in [3.8, 4) is 0 Å². The average molecular weight is 405 g/mol. The van der Waals surface area contributed by atoms with Crippen molar-refractivity contribution in [3.05, 3.63) is 10.4 Å². The molecule has 2 atom stereocenters. The van der Waals surface area contributed by atoms with Gasteiger partial charge in [0.05, 0.1) is 0 Å². The van der Waals surface area contributed by atoms with Crippen LogP contribution in [-0.2, 0) is 22.1 Å². The zero-order chi connectivity index (χ0) is 8.70. The standard InChI is InChI=1S/C6H10N3.BrH.Hg/c1-5(2)4-6(5,3)8-9-7;;/h4H,1-3H3;1H;/q;;+1/p-1/t6-;;/m0../s1. The van der Waals surface area contributed by atoms with Crippen LogP contribution in [0.5, 0.6) is 0 Å². The van der Waals surface area contributed by atoms with E-state index in [2.05, 4.69) is 42.7 Å². The predicted molar refractivity (Wildman–Crippen MR) is 44.0 cm³/mol. The van der Waals surface area contributed by atoms with Crippen LogP contribution < -0.4 is 0 Å². The molecule has 0 aliphatic heterocycles. The topological polar surface area (TPSA) is 48.8 Å². The van der Waals surface area contributed by atoms with Crippen molar-refractivity contribution in [3.63, 3.8) is 0 Å². The van der Waals surface area contributed by atoms with Crippen molar-refractivity contribution < 1.29 is 22.1 Å². The molecule has 0 N–H and O–H groups in total. The van der Waals surface area contributed by atoms with Gasteiger partial charge in [0, 0.05) is 0 Å². The molecule has 11 heavy (non-hydrogen) atoms. The van der Waals surface area contributed by atoms with E-state index in [4.69, 9.17) is 5.53 Å². The van der Waals surface area contributed by atoms with Crippen molar-refractivity contribution in [2.24, 2.45) is 10.5 Å². The molecule has 1 saturated carbocycles. The molecular formula is C6H10BrHgN3. The summed E-state index contributed by atoms with van der Waals surface area (Å²) in [4.78, 5) is 2.90. The Kier molecular flexibility index (Phi) is 2.58. The SMILES string of the molecule is CC1(C)[C@H]([Hg][Br])[C@]1(C)N=[N+]=[N-]. The molecule has 0 saturated heterocycles. The van der Waals surface area contributed by atoms with Crippen LogP contribution in [0.1, 0.15) is 20.8 Å². The van der Waals surface area contributed by atoms with E-state index in [1.54, 1.807) is 0 Å². The Bertz CT molecular complexity index is 224. The van der Waals surface area contributed by atoms with E-state index in [1.807, 2.05) is 0 Å². The normalized spacial score (nSPS) is 38.7. The summed E-state index contributed by atoms with van der Waals surface area (Å²) >= 11 is 2.74.